The van der Waals surface area contributed by atoms with Crippen LogP contribution in [0, 0.1) is 0 Å². The molecular weight excluding hydrogens is 268 g/mol. The quantitative estimate of drug-likeness (QED) is 0.866. The zero-order valence-electron chi connectivity index (χ0n) is 10.4. The fourth-order valence-corrected chi connectivity index (χ4v) is 2.41. The Bertz CT molecular complexity index is 445. The van der Waals surface area contributed by atoms with Gasteiger partial charge in [-0.1, -0.05) is 23.8 Å². The molecule has 0 saturated carbocycles. The Kier molecular flexibility index (Phi) is 4.43. The topological polar surface area (TPSA) is 38.5 Å². The predicted molar refractivity (Wildman–Crippen MR) is 78.5 cm³/mol. The first-order chi connectivity index (χ1) is 8.56. The van der Waals surface area contributed by atoms with E-state index in [-0.39, 0.29) is 6.10 Å². The highest BCUT2D eigenvalue weighted by Gasteiger charge is 2.19. The molecule has 1 aromatic carbocycles. The minimum Gasteiger partial charge on any atom is -0.490 e. The van der Waals surface area contributed by atoms with Crippen molar-refractivity contribution in [1.29, 1.82) is 0 Å². The average Bonchev–Trinajstić information content (AvgIpc) is 2.32. The van der Waals surface area contributed by atoms with Gasteiger partial charge in [-0.2, -0.15) is 0 Å². The second-order valence-corrected chi connectivity index (χ2v) is 5.50. The van der Waals surface area contributed by atoms with Crippen molar-refractivity contribution in [2.75, 3.05) is 20.1 Å². The van der Waals surface area contributed by atoms with Crippen LogP contribution < -0.4 is 10.5 Å². The van der Waals surface area contributed by atoms with Crippen LogP contribution in [0.4, 0.5) is 0 Å². The number of piperidine rings is 1. The van der Waals surface area contributed by atoms with Crippen molar-refractivity contribution >= 4 is 28.8 Å². The van der Waals surface area contributed by atoms with E-state index in [2.05, 4.69) is 11.9 Å². The van der Waals surface area contributed by atoms with Crippen LogP contribution >= 0.6 is 23.8 Å². The lowest BCUT2D eigenvalue weighted by Crippen LogP contribution is -2.36. The highest BCUT2D eigenvalue weighted by Crippen LogP contribution is 2.26. The van der Waals surface area contributed by atoms with Crippen molar-refractivity contribution < 1.29 is 4.74 Å². The summed E-state index contributed by atoms with van der Waals surface area (Å²) in [5.41, 5.74) is 6.45. The Morgan fingerprint density at radius 1 is 1.44 bits per heavy atom. The van der Waals surface area contributed by atoms with Gasteiger partial charge in [0.1, 0.15) is 16.8 Å². The molecule has 0 unspecified atom stereocenters. The lowest BCUT2D eigenvalue weighted by atomic mass is 10.1. The van der Waals surface area contributed by atoms with E-state index in [1.54, 1.807) is 12.1 Å². The minimum atomic E-state index is 0.216. The second-order valence-electron chi connectivity index (χ2n) is 4.63. The maximum absolute atomic E-state index is 6.00. The van der Waals surface area contributed by atoms with Gasteiger partial charge in [0.25, 0.3) is 0 Å². The number of likely N-dealkylation sites (tertiary alicyclic amines) is 1. The third-order valence-corrected chi connectivity index (χ3v) is 3.62. The molecule has 0 atom stereocenters. The van der Waals surface area contributed by atoms with Crippen molar-refractivity contribution in [1.82, 2.24) is 4.90 Å². The zero-order valence-corrected chi connectivity index (χ0v) is 11.9. The third kappa shape index (κ3) is 3.34. The molecule has 1 aromatic rings. The molecule has 1 heterocycles. The van der Waals surface area contributed by atoms with Gasteiger partial charge in [-0.15, -0.1) is 0 Å². The molecule has 0 aliphatic carbocycles. The van der Waals surface area contributed by atoms with E-state index in [1.165, 1.54) is 0 Å². The Balaban J connectivity index is 2.12. The second kappa shape index (κ2) is 5.87. The standard InChI is InChI=1S/C13H17ClN2OS/c1-16-6-4-10(5-7-16)17-12-8-9(14)2-3-11(12)13(15)18/h2-3,8,10H,4-7H2,1H3,(H2,15,18). The number of hydrogen-bond donors (Lipinski definition) is 1. The lowest BCUT2D eigenvalue weighted by molar-refractivity contribution is 0.114. The molecule has 2 rings (SSSR count). The SMILES string of the molecule is CN1CCC(Oc2cc(Cl)ccc2C(N)=S)CC1. The molecule has 0 aromatic heterocycles. The molecule has 0 radical (unpaired) electrons. The highest BCUT2D eigenvalue weighted by atomic mass is 35.5. The summed E-state index contributed by atoms with van der Waals surface area (Å²) in [6.45, 7) is 2.10. The lowest BCUT2D eigenvalue weighted by Gasteiger charge is -2.29. The summed E-state index contributed by atoms with van der Waals surface area (Å²) >= 11 is 11.0. The molecule has 98 valence electrons. The van der Waals surface area contributed by atoms with Crippen LogP contribution in [-0.2, 0) is 0 Å². The number of thiocarbonyl (C=S) groups is 1. The van der Waals surface area contributed by atoms with E-state index in [9.17, 15) is 0 Å². The molecule has 1 saturated heterocycles. The van der Waals surface area contributed by atoms with Gasteiger partial charge in [0.15, 0.2) is 0 Å². The zero-order chi connectivity index (χ0) is 13.1. The van der Waals surface area contributed by atoms with Crippen molar-refractivity contribution in [2.45, 2.75) is 18.9 Å². The molecule has 2 N–H and O–H groups in total. The van der Waals surface area contributed by atoms with E-state index >= 15 is 0 Å². The number of nitrogens with zero attached hydrogens (tertiary/aromatic N) is 1. The fourth-order valence-electron chi connectivity index (χ4n) is 2.08. The monoisotopic (exact) mass is 284 g/mol. The number of halogens is 1. The van der Waals surface area contributed by atoms with E-state index in [4.69, 9.17) is 34.3 Å². The van der Waals surface area contributed by atoms with Gasteiger partial charge >= 0.3 is 0 Å². The van der Waals surface area contributed by atoms with Gasteiger partial charge in [-0.25, -0.2) is 0 Å². The average molecular weight is 285 g/mol. The molecule has 5 heteroatoms. The van der Waals surface area contributed by atoms with Gasteiger partial charge in [0.05, 0.1) is 5.56 Å². The van der Waals surface area contributed by atoms with Crippen molar-refractivity contribution in [3.8, 4) is 5.75 Å². The van der Waals surface area contributed by atoms with Crippen molar-refractivity contribution in [2.24, 2.45) is 5.73 Å². The van der Waals surface area contributed by atoms with E-state index < -0.39 is 0 Å². The molecule has 0 amide bonds. The van der Waals surface area contributed by atoms with E-state index in [0.29, 0.717) is 15.8 Å². The van der Waals surface area contributed by atoms with Crippen LogP contribution in [0.15, 0.2) is 18.2 Å². The number of ether oxygens (including phenoxy) is 1. The van der Waals surface area contributed by atoms with Gasteiger partial charge < -0.3 is 15.4 Å². The van der Waals surface area contributed by atoms with Crippen LogP contribution in [0.25, 0.3) is 0 Å². The van der Waals surface area contributed by atoms with Gasteiger partial charge in [-0.05, 0) is 38.1 Å². The van der Waals surface area contributed by atoms with Crippen LogP contribution in [0.1, 0.15) is 18.4 Å². The summed E-state index contributed by atoms with van der Waals surface area (Å²) < 4.78 is 6.00. The number of rotatable bonds is 3. The van der Waals surface area contributed by atoms with Crippen LogP contribution in [0.3, 0.4) is 0 Å². The third-order valence-electron chi connectivity index (χ3n) is 3.17. The molecular formula is C13H17ClN2OS. The highest BCUT2D eigenvalue weighted by molar-refractivity contribution is 7.80. The predicted octanol–water partition coefficient (Wildman–Crippen LogP) is 2.45. The number of benzene rings is 1. The molecule has 0 bridgehead atoms. The number of nitrogens with two attached hydrogens (primary N) is 1. The Hall–Kier alpha value is -0.840. The first kappa shape index (κ1) is 13.6. The van der Waals surface area contributed by atoms with Gasteiger partial charge in [0.2, 0.25) is 0 Å². The summed E-state index contributed by atoms with van der Waals surface area (Å²) in [6, 6.07) is 5.38. The Labute approximate surface area is 118 Å². The van der Waals surface area contributed by atoms with Crippen LogP contribution in [0.2, 0.25) is 5.02 Å². The number of hydrogen-bond acceptors (Lipinski definition) is 3. The van der Waals surface area contributed by atoms with Crippen LogP contribution in [0.5, 0.6) is 5.75 Å². The van der Waals surface area contributed by atoms with Crippen molar-refractivity contribution in [3.63, 3.8) is 0 Å². The summed E-state index contributed by atoms with van der Waals surface area (Å²) in [5.74, 6) is 0.699. The molecule has 18 heavy (non-hydrogen) atoms. The maximum Gasteiger partial charge on any atom is 0.131 e. The Morgan fingerprint density at radius 2 is 2.11 bits per heavy atom. The summed E-state index contributed by atoms with van der Waals surface area (Å²) in [4.78, 5) is 2.64. The molecule has 1 fully saturated rings. The largest absolute Gasteiger partial charge is 0.490 e. The first-order valence-corrected chi connectivity index (χ1v) is 6.79. The van der Waals surface area contributed by atoms with Gasteiger partial charge in [-0.3, -0.25) is 0 Å². The Morgan fingerprint density at radius 3 is 2.72 bits per heavy atom. The molecule has 1 aliphatic rings. The van der Waals surface area contributed by atoms with E-state index in [1.807, 2.05) is 6.07 Å². The summed E-state index contributed by atoms with van der Waals surface area (Å²) in [5, 5.41) is 0.637. The van der Waals surface area contributed by atoms with Gasteiger partial charge in [0, 0.05) is 18.1 Å². The minimum absolute atomic E-state index is 0.216. The molecule has 0 spiro atoms. The summed E-state index contributed by atoms with van der Waals surface area (Å²) in [7, 11) is 2.12. The smallest absolute Gasteiger partial charge is 0.131 e. The summed E-state index contributed by atoms with van der Waals surface area (Å²) in [6.07, 6.45) is 2.24. The fraction of sp³-hybridized carbons (Fsp3) is 0.462. The maximum atomic E-state index is 6.00. The van der Waals surface area contributed by atoms with Crippen LogP contribution in [-0.4, -0.2) is 36.1 Å². The van der Waals surface area contributed by atoms with Crippen molar-refractivity contribution in [3.05, 3.63) is 28.8 Å². The van der Waals surface area contributed by atoms with E-state index in [0.717, 1.165) is 31.5 Å². The normalized spacial score (nSPS) is 17.7. The molecule has 3 nitrogen and oxygen atoms in total. The first-order valence-electron chi connectivity index (χ1n) is 6.01. The molecule has 1 aliphatic heterocycles.